The molecule has 0 bridgehead atoms. The Morgan fingerprint density at radius 2 is 1.81 bits per heavy atom. The van der Waals surface area contributed by atoms with E-state index in [9.17, 15) is 14.0 Å². The molecule has 0 radical (unpaired) electrons. The maximum absolute atomic E-state index is 13.0. The molecule has 3 rings (SSSR count). The van der Waals surface area contributed by atoms with Crippen LogP contribution in [-0.4, -0.2) is 55.2 Å². The van der Waals surface area contributed by atoms with E-state index in [0.717, 1.165) is 25.9 Å². The van der Waals surface area contributed by atoms with Crippen molar-refractivity contribution in [1.82, 2.24) is 4.90 Å². The topological polar surface area (TPSA) is 91.1 Å². The lowest BCUT2D eigenvalue weighted by Gasteiger charge is -2.34. The third-order valence-electron chi connectivity index (χ3n) is 5.02. The quantitative estimate of drug-likeness (QED) is 0.615. The molecule has 166 valence electrons. The highest BCUT2D eigenvalue weighted by Gasteiger charge is 2.25. The first-order valence-electron chi connectivity index (χ1n) is 10.2. The first kappa shape index (κ1) is 22.6. The number of hydrogen-bond donors (Lipinski definition) is 1. The van der Waals surface area contributed by atoms with Gasteiger partial charge in [-0.3, -0.25) is 14.5 Å². The third-order valence-corrected chi connectivity index (χ3v) is 5.02. The Bertz CT molecular complexity index is 882. The van der Waals surface area contributed by atoms with Crippen molar-refractivity contribution >= 4 is 11.9 Å². The van der Waals surface area contributed by atoms with Gasteiger partial charge in [0, 0.05) is 26.6 Å². The summed E-state index contributed by atoms with van der Waals surface area (Å²) in [6.45, 7) is 3.49. The molecule has 7 nitrogen and oxygen atoms in total. The van der Waals surface area contributed by atoms with Gasteiger partial charge in [0.1, 0.15) is 36.1 Å². The third kappa shape index (κ3) is 6.96. The van der Waals surface area contributed by atoms with Crippen molar-refractivity contribution in [3.8, 4) is 11.5 Å². The number of nitrogens with zero attached hydrogens (tertiary/aromatic N) is 1. The van der Waals surface area contributed by atoms with E-state index in [1.165, 1.54) is 19.1 Å². The molecule has 2 aromatic rings. The molecule has 1 aliphatic heterocycles. The highest BCUT2D eigenvalue weighted by Crippen LogP contribution is 2.21. The zero-order valence-corrected chi connectivity index (χ0v) is 17.5. The SMILES string of the molecule is CC(=O)OC(COc1ccccc1C(N)=O)CN1CCC(Oc2ccc(F)cc2)CC1. The second kappa shape index (κ2) is 10.8. The highest BCUT2D eigenvalue weighted by atomic mass is 19.1. The fraction of sp³-hybridized carbons (Fsp3) is 0.391. The summed E-state index contributed by atoms with van der Waals surface area (Å²) >= 11 is 0. The van der Waals surface area contributed by atoms with Gasteiger partial charge in [-0.2, -0.15) is 0 Å². The van der Waals surface area contributed by atoms with Crippen LogP contribution in [0.2, 0.25) is 0 Å². The summed E-state index contributed by atoms with van der Waals surface area (Å²) in [6.07, 6.45) is 1.16. The number of amides is 1. The molecule has 1 fully saturated rings. The molecule has 31 heavy (non-hydrogen) atoms. The van der Waals surface area contributed by atoms with Gasteiger partial charge in [0.05, 0.1) is 5.56 Å². The maximum atomic E-state index is 13.0. The van der Waals surface area contributed by atoms with Crippen molar-refractivity contribution in [2.45, 2.75) is 32.0 Å². The summed E-state index contributed by atoms with van der Waals surface area (Å²) in [5, 5.41) is 0. The molecule has 1 atom stereocenters. The number of benzene rings is 2. The van der Waals surface area contributed by atoms with Crippen LogP contribution < -0.4 is 15.2 Å². The number of hydrogen-bond acceptors (Lipinski definition) is 6. The second-order valence-electron chi connectivity index (χ2n) is 7.47. The van der Waals surface area contributed by atoms with E-state index in [-0.39, 0.29) is 24.1 Å². The summed E-state index contributed by atoms with van der Waals surface area (Å²) in [7, 11) is 0. The van der Waals surface area contributed by atoms with E-state index in [0.29, 0.717) is 18.0 Å². The number of rotatable bonds is 9. The van der Waals surface area contributed by atoms with Crippen LogP contribution in [0.1, 0.15) is 30.1 Å². The van der Waals surface area contributed by atoms with Gasteiger partial charge in [0.15, 0.2) is 0 Å². The predicted octanol–water partition coefficient (Wildman–Crippen LogP) is 2.78. The molecular weight excluding hydrogens is 403 g/mol. The molecule has 1 aliphatic rings. The van der Waals surface area contributed by atoms with Crippen LogP contribution in [0.15, 0.2) is 48.5 Å². The zero-order chi connectivity index (χ0) is 22.2. The van der Waals surface area contributed by atoms with Crippen molar-refractivity contribution in [2.75, 3.05) is 26.2 Å². The van der Waals surface area contributed by atoms with E-state index in [1.54, 1.807) is 36.4 Å². The van der Waals surface area contributed by atoms with Crippen LogP contribution in [-0.2, 0) is 9.53 Å². The predicted molar refractivity (Wildman–Crippen MR) is 112 cm³/mol. The summed E-state index contributed by atoms with van der Waals surface area (Å²) < 4.78 is 30.1. The average Bonchev–Trinajstić information content (AvgIpc) is 2.75. The van der Waals surface area contributed by atoms with Crippen molar-refractivity contribution in [2.24, 2.45) is 5.73 Å². The Labute approximate surface area is 180 Å². The number of likely N-dealkylation sites (tertiary alicyclic amines) is 1. The van der Waals surface area contributed by atoms with Crippen molar-refractivity contribution in [3.63, 3.8) is 0 Å². The summed E-state index contributed by atoms with van der Waals surface area (Å²) in [5.41, 5.74) is 5.66. The number of carbonyl (C=O) groups excluding carboxylic acids is 2. The number of halogens is 1. The molecule has 0 spiro atoms. The van der Waals surface area contributed by atoms with Gasteiger partial charge in [0.25, 0.3) is 5.91 Å². The molecular formula is C23H27FN2O5. The van der Waals surface area contributed by atoms with Crippen LogP contribution in [0, 0.1) is 5.82 Å². The summed E-state index contributed by atoms with van der Waals surface area (Å²) in [5.74, 6) is -0.258. The largest absolute Gasteiger partial charge is 0.490 e. The van der Waals surface area contributed by atoms with E-state index >= 15 is 0 Å². The fourth-order valence-electron chi connectivity index (χ4n) is 3.54. The van der Waals surface area contributed by atoms with E-state index in [1.807, 2.05) is 0 Å². The number of para-hydroxylation sites is 1. The van der Waals surface area contributed by atoms with Crippen molar-refractivity contribution < 1.29 is 28.2 Å². The number of carbonyl (C=O) groups is 2. The molecule has 0 aliphatic carbocycles. The fourth-order valence-corrected chi connectivity index (χ4v) is 3.54. The van der Waals surface area contributed by atoms with Crippen LogP contribution in [0.25, 0.3) is 0 Å². The number of piperidine rings is 1. The first-order chi connectivity index (χ1) is 14.9. The van der Waals surface area contributed by atoms with Gasteiger partial charge in [-0.15, -0.1) is 0 Å². The minimum absolute atomic E-state index is 0.0487. The second-order valence-corrected chi connectivity index (χ2v) is 7.47. The van der Waals surface area contributed by atoms with E-state index < -0.39 is 18.0 Å². The molecule has 0 aromatic heterocycles. The lowest BCUT2D eigenvalue weighted by Crippen LogP contribution is -2.44. The molecule has 8 heteroatoms. The average molecular weight is 430 g/mol. The first-order valence-corrected chi connectivity index (χ1v) is 10.2. The minimum Gasteiger partial charge on any atom is -0.490 e. The normalized spacial score (nSPS) is 15.8. The Balaban J connectivity index is 1.51. The molecule has 1 saturated heterocycles. The summed E-state index contributed by atoms with van der Waals surface area (Å²) in [6, 6.07) is 12.7. The minimum atomic E-state index is -0.581. The molecule has 1 heterocycles. The number of ether oxygens (including phenoxy) is 3. The van der Waals surface area contributed by atoms with E-state index in [2.05, 4.69) is 4.90 Å². The van der Waals surface area contributed by atoms with Crippen molar-refractivity contribution in [1.29, 1.82) is 0 Å². The van der Waals surface area contributed by atoms with Gasteiger partial charge in [-0.25, -0.2) is 4.39 Å². The molecule has 0 saturated carbocycles. The van der Waals surface area contributed by atoms with Crippen LogP contribution >= 0.6 is 0 Å². The number of esters is 1. The highest BCUT2D eigenvalue weighted by molar-refractivity contribution is 5.95. The molecule has 1 unspecified atom stereocenters. The monoisotopic (exact) mass is 430 g/mol. The van der Waals surface area contributed by atoms with Gasteiger partial charge in [0.2, 0.25) is 0 Å². The summed E-state index contributed by atoms with van der Waals surface area (Å²) in [4.78, 5) is 25.3. The maximum Gasteiger partial charge on any atom is 0.303 e. The lowest BCUT2D eigenvalue weighted by atomic mass is 10.1. The Morgan fingerprint density at radius 3 is 2.45 bits per heavy atom. The van der Waals surface area contributed by atoms with Crippen LogP contribution in [0.5, 0.6) is 11.5 Å². The van der Waals surface area contributed by atoms with Gasteiger partial charge in [-0.1, -0.05) is 12.1 Å². The van der Waals surface area contributed by atoms with Crippen LogP contribution in [0.4, 0.5) is 4.39 Å². The number of nitrogens with two attached hydrogens (primary N) is 1. The van der Waals surface area contributed by atoms with Gasteiger partial charge >= 0.3 is 5.97 Å². The standard InChI is InChI=1S/C23H27FN2O5/c1-16(27)30-20(15-29-22-5-3-2-4-21(22)23(25)28)14-26-12-10-19(11-13-26)31-18-8-6-17(24)7-9-18/h2-9,19-20H,10-15H2,1H3,(H2,25,28). The molecule has 1 amide bonds. The van der Waals surface area contributed by atoms with Gasteiger partial charge in [-0.05, 0) is 49.2 Å². The zero-order valence-electron chi connectivity index (χ0n) is 17.5. The Hall–Kier alpha value is -3.13. The number of primary amides is 1. The smallest absolute Gasteiger partial charge is 0.303 e. The van der Waals surface area contributed by atoms with Gasteiger partial charge < -0.3 is 19.9 Å². The Morgan fingerprint density at radius 1 is 1.13 bits per heavy atom. The van der Waals surface area contributed by atoms with Crippen LogP contribution in [0.3, 0.4) is 0 Å². The lowest BCUT2D eigenvalue weighted by molar-refractivity contribution is -0.149. The molecule has 2 N–H and O–H groups in total. The molecule has 2 aromatic carbocycles. The van der Waals surface area contributed by atoms with Crippen molar-refractivity contribution in [3.05, 3.63) is 59.9 Å². The van der Waals surface area contributed by atoms with E-state index in [4.69, 9.17) is 19.9 Å². The Kier molecular flexibility index (Phi) is 7.83.